The first-order chi connectivity index (χ1) is 9.97. The minimum atomic E-state index is -3.59. The fourth-order valence-corrected chi connectivity index (χ4v) is 3.34. The first-order valence-electron chi connectivity index (χ1n) is 6.21. The number of nitrogens with two attached hydrogens (primary N) is 1. The van der Waals surface area contributed by atoms with Gasteiger partial charge in [-0.15, -0.1) is 11.8 Å². The van der Waals surface area contributed by atoms with Gasteiger partial charge in [-0.25, -0.2) is 13.1 Å². The van der Waals surface area contributed by atoms with Gasteiger partial charge in [0.25, 0.3) is 0 Å². The zero-order valence-corrected chi connectivity index (χ0v) is 13.4. The summed E-state index contributed by atoms with van der Waals surface area (Å²) in [6, 6.07) is 12.5. The van der Waals surface area contributed by atoms with E-state index in [1.54, 1.807) is 23.9 Å². The van der Waals surface area contributed by atoms with E-state index in [2.05, 4.69) is 10.0 Å². The molecule has 112 valence electrons. The summed E-state index contributed by atoms with van der Waals surface area (Å²) in [5.74, 6) is 0. The molecular weight excluding hydrogens is 306 g/mol. The molecule has 0 spiro atoms. The number of para-hydroxylation sites is 1. The Hall–Kier alpha value is -1.70. The zero-order chi connectivity index (χ0) is 15.5. The normalized spacial score (nSPS) is 11.3. The SMILES string of the molecule is CNS(=O)(=O)c1cc(N)ccc1Nc1ccccc1SC. The van der Waals surface area contributed by atoms with E-state index < -0.39 is 10.0 Å². The van der Waals surface area contributed by atoms with Crippen LogP contribution in [0.5, 0.6) is 0 Å². The van der Waals surface area contributed by atoms with E-state index in [0.717, 1.165) is 10.6 Å². The highest BCUT2D eigenvalue weighted by atomic mass is 32.2. The van der Waals surface area contributed by atoms with Crippen molar-refractivity contribution >= 4 is 38.8 Å². The predicted octanol–water partition coefficient (Wildman–Crippen LogP) is 2.64. The maximum Gasteiger partial charge on any atom is 0.242 e. The Morgan fingerprint density at radius 2 is 1.81 bits per heavy atom. The van der Waals surface area contributed by atoms with Gasteiger partial charge >= 0.3 is 0 Å². The van der Waals surface area contributed by atoms with Crippen molar-refractivity contribution in [3.8, 4) is 0 Å². The van der Waals surface area contributed by atoms with Crippen LogP contribution in [0.1, 0.15) is 0 Å². The quantitative estimate of drug-likeness (QED) is 0.582. The Bertz CT molecular complexity index is 746. The van der Waals surface area contributed by atoms with Crippen LogP contribution < -0.4 is 15.8 Å². The first-order valence-corrected chi connectivity index (χ1v) is 8.92. The second-order valence-corrected chi connectivity index (χ2v) is 6.99. The summed E-state index contributed by atoms with van der Waals surface area (Å²) in [4.78, 5) is 1.16. The lowest BCUT2D eigenvalue weighted by Gasteiger charge is -2.15. The molecule has 0 radical (unpaired) electrons. The van der Waals surface area contributed by atoms with Crippen molar-refractivity contribution < 1.29 is 8.42 Å². The van der Waals surface area contributed by atoms with E-state index >= 15 is 0 Å². The summed E-state index contributed by atoms with van der Waals surface area (Å²) in [6.45, 7) is 0. The number of nitrogen functional groups attached to an aromatic ring is 1. The standard InChI is InChI=1S/C14H17N3O2S2/c1-16-21(18,19)14-9-10(15)7-8-12(14)17-11-5-3-4-6-13(11)20-2/h3-9,16-17H,15H2,1-2H3. The third-order valence-electron chi connectivity index (χ3n) is 2.94. The molecule has 0 aliphatic rings. The number of nitrogens with one attached hydrogen (secondary N) is 2. The molecule has 0 aromatic heterocycles. The average molecular weight is 323 g/mol. The van der Waals surface area contributed by atoms with Crippen LogP contribution in [-0.4, -0.2) is 21.7 Å². The van der Waals surface area contributed by atoms with Crippen LogP contribution in [0.25, 0.3) is 0 Å². The summed E-state index contributed by atoms with van der Waals surface area (Å²) < 4.78 is 26.5. The lowest BCUT2D eigenvalue weighted by Crippen LogP contribution is -2.20. The minimum absolute atomic E-state index is 0.126. The predicted molar refractivity (Wildman–Crippen MR) is 88.6 cm³/mol. The number of thioether (sulfide) groups is 1. The maximum atomic E-state index is 12.1. The van der Waals surface area contributed by atoms with E-state index in [-0.39, 0.29) is 4.90 Å². The molecule has 0 fully saturated rings. The van der Waals surface area contributed by atoms with Crippen LogP contribution in [0.3, 0.4) is 0 Å². The molecule has 0 unspecified atom stereocenters. The van der Waals surface area contributed by atoms with Crippen LogP contribution in [0.4, 0.5) is 17.1 Å². The Morgan fingerprint density at radius 3 is 2.48 bits per heavy atom. The molecule has 5 nitrogen and oxygen atoms in total. The van der Waals surface area contributed by atoms with Gasteiger partial charge in [0, 0.05) is 10.6 Å². The minimum Gasteiger partial charge on any atom is -0.399 e. The molecule has 21 heavy (non-hydrogen) atoms. The second-order valence-electron chi connectivity index (χ2n) is 4.29. The lowest BCUT2D eigenvalue weighted by atomic mass is 10.2. The topological polar surface area (TPSA) is 84.2 Å². The van der Waals surface area contributed by atoms with Crippen molar-refractivity contribution in [2.75, 3.05) is 24.4 Å². The molecule has 0 aliphatic heterocycles. The Labute approximate surface area is 129 Å². The van der Waals surface area contributed by atoms with E-state index in [1.165, 1.54) is 13.1 Å². The van der Waals surface area contributed by atoms with Gasteiger partial charge in [-0.3, -0.25) is 0 Å². The van der Waals surface area contributed by atoms with Crippen LogP contribution in [0.15, 0.2) is 52.3 Å². The molecule has 2 aromatic carbocycles. The highest BCUT2D eigenvalue weighted by Gasteiger charge is 2.17. The second kappa shape index (κ2) is 6.38. The summed E-state index contributed by atoms with van der Waals surface area (Å²) in [7, 11) is -2.22. The van der Waals surface area contributed by atoms with Crippen molar-refractivity contribution in [1.29, 1.82) is 0 Å². The first kappa shape index (κ1) is 15.7. The van der Waals surface area contributed by atoms with Crippen molar-refractivity contribution in [2.24, 2.45) is 0 Å². The van der Waals surface area contributed by atoms with Crippen molar-refractivity contribution in [3.05, 3.63) is 42.5 Å². The molecule has 4 N–H and O–H groups in total. The summed E-state index contributed by atoms with van der Waals surface area (Å²) in [6.07, 6.45) is 1.97. The molecule has 0 bridgehead atoms. The van der Waals surface area contributed by atoms with Crippen LogP contribution in [0, 0.1) is 0 Å². The van der Waals surface area contributed by atoms with Gasteiger partial charge in [-0.1, -0.05) is 12.1 Å². The molecule has 0 aliphatic carbocycles. The number of benzene rings is 2. The molecule has 2 rings (SSSR count). The van der Waals surface area contributed by atoms with Crippen molar-refractivity contribution in [1.82, 2.24) is 4.72 Å². The van der Waals surface area contributed by atoms with Crippen LogP contribution >= 0.6 is 11.8 Å². The molecule has 7 heteroatoms. The monoisotopic (exact) mass is 323 g/mol. The molecule has 0 atom stereocenters. The summed E-state index contributed by atoms with van der Waals surface area (Å²) in [5.41, 5.74) is 7.44. The average Bonchev–Trinajstić information content (AvgIpc) is 2.49. The van der Waals surface area contributed by atoms with E-state index in [1.807, 2.05) is 30.5 Å². The van der Waals surface area contributed by atoms with E-state index in [9.17, 15) is 8.42 Å². The molecular formula is C14H17N3O2S2. The Morgan fingerprint density at radius 1 is 1.10 bits per heavy atom. The Balaban J connectivity index is 2.50. The van der Waals surface area contributed by atoms with Gasteiger partial charge in [-0.05, 0) is 43.6 Å². The fraction of sp³-hybridized carbons (Fsp3) is 0.143. The number of anilines is 3. The van der Waals surface area contributed by atoms with Crippen LogP contribution in [0.2, 0.25) is 0 Å². The number of rotatable bonds is 5. The number of sulfonamides is 1. The van der Waals surface area contributed by atoms with Crippen molar-refractivity contribution in [2.45, 2.75) is 9.79 Å². The molecule has 2 aromatic rings. The molecule has 0 saturated carbocycles. The highest BCUT2D eigenvalue weighted by Crippen LogP contribution is 2.31. The summed E-state index contributed by atoms with van der Waals surface area (Å²) in [5, 5.41) is 3.16. The van der Waals surface area contributed by atoms with E-state index in [0.29, 0.717) is 11.4 Å². The third kappa shape index (κ3) is 3.49. The fourth-order valence-electron chi connectivity index (χ4n) is 1.87. The third-order valence-corrected chi connectivity index (χ3v) is 5.19. The zero-order valence-electron chi connectivity index (χ0n) is 11.8. The smallest absolute Gasteiger partial charge is 0.242 e. The van der Waals surface area contributed by atoms with Gasteiger partial charge in [0.2, 0.25) is 10.0 Å². The largest absolute Gasteiger partial charge is 0.399 e. The maximum absolute atomic E-state index is 12.1. The van der Waals surface area contributed by atoms with Gasteiger partial charge < -0.3 is 11.1 Å². The molecule has 0 heterocycles. The highest BCUT2D eigenvalue weighted by molar-refractivity contribution is 7.98. The van der Waals surface area contributed by atoms with Crippen LogP contribution in [-0.2, 0) is 10.0 Å². The lowest BCUT2D eigenvalue weighted by molar-refractivity contribution is 0.588. The van der Waals surface area contributed by atoms with E-state index in [4.69, 9.17) is 5.73 Å². The Kier molecular flexibility index (Phi) is 4.76. The molecule has 0 saturated heterocycles. The van der Waals surface area contributed by atoms with Gasteiger partial charge in [0.15, 0.2) is 0 Å². The molecule has 0 amide bonds. The summed E-state index contributed by atoms with van der Waals surface area (Å²) >= 11 is 1.58. The number of hydrogen-bond donors (Lipinski definition) is 3. The van der Waals surface area contributed by atoms with Crippen molar-refractivity contribution in [3.63, 3.8) is 0 Å². The number of hydrogen-bond acceptors (Lipinski definition) is 5. The van der Waals surface area contributed by atoms with Gasteiger partial charge in [-0.2, -0.15) is 0 Å². The van der Waals surface area contributed by atoms with Gasteiger partial charge in [0.1, 0.15) is 4.90 Å². The van der Waals surface area contributed by atoms with Gasteiger partial charge in [0.05, 0.1) is 11.4 Å².